The standard InChI is InChI=1S/C20H20F3N3O3S/c21-20(22,23)15-6-7-17(18(14-15)26(28)29)24-9-11-25(12-10-24)19(27)8-13-30-16-4-2-1-3-5-16/h1-7,14H,8-13H2. The number of nitro benzene ring substituents is 1. The number of hydrogen-bond donors (Lipinski definition) is 0. The van der Waals surface area contributed by atoms with Gasteiger partial charge in [0.2, 0.25) is 5.91 Å². The Morgan fingerprint density at radius 1 is 1.07 bits per heavy atom. The Kier molecular flexibility index (Phi) is 6.86. The van der Waals surface area contributed by atoms with Gasteiger partial charge in [-0.1, -0.05) is 18.2 Å². The number of rotatable bonds is 6. The molecule has 1 saturated heterocycles. The zero-order valence-electron chi connectivity index (χ0n) is 16.0. The topological polar surface area (TPSA) is 66.7 Å². The summed E-state index contributed by atoms with van der Waals surface area (Å²) in [5.41, 5.74) is -1.49. The highest BCUT2D eigenvalue weighted by Crippen LogP contribution is 2.36. The maximum absolute atomic E-state index is 12.9. The molecule has 2 aromatic rings. The summed E-state index contributed by atoms with van der Waals surface area (Å²) in [7, 11) is 0. The second kappa shape index (κ2) is 9.38. The van der Waals surface area contributed by atoms with Gasteiger partial charge in [-0.2, -0.15) is 13.2 Å². The summed E-state index contributed by atoms with van der Waals surface area (Å²) in [4.78, 5) is 27.3. The summed E-state index contributed by atoms with van der Waals surface area (Å²) in [6.07, 6.45) is -4.27. The molecular weight excluding hydrogens is 419 g/mol. The van der Waals surface area contributed by atoms with Gasteiger partial charge >= 0.3 is 6.18 Å². The van der Waals surface area contributed by atoms with E-state index < -0.39 is 22.4 Å². The molecule has 0 bridgehead atoms. The van der Waals surface area contributed by atoms with Crippen LogP contribution >= 0.6 is 11.8 Å². The van der Waals surface area contributed by atoms with Crippen LogP contribution in [0.4, 0.5) is 24.5 Å². The quantitative estimate of drug-likeness (QED) is 0.378. The Labute approximate surface area is 175 Å². The molecule has 2 aromatic carbocycles. The summed E-state index contributed by atoms with van der Waals surface area (Å²) >= 11 is 1.59. The van der Waals surface area contributed by atoms with Crippen molar-refractivity contribution in [2.45, 2.75) is 17.5 Å². The van der Waals surface area contributed by atoms with Crippen molar-refractivity contribution >= 4 is 29.0 Å². The van der Waals surface area contributed by atoms with Crippen molar-refractivity contribution in [2.75, 3.05) is 36.8 Å². The van der Waals surface area contributed by atoms with Crippen LogP contribution in [0.3, 0.4) is 0 Å². The van der Waals surface area contributed by atoms with Crippen molar-refractivity contribution in [1.82, 2.24) is 4.90 Å². The van der Waals surface area contributed by atoms with Crippen molar-refractivity contribution in [2.24, 2.45) is 0 Å². The molecule has 1 aliphatic heterocycles. The lowest BCUT2D eigenvalue weighted by molar-refractivity contribution is -0.384. The third kappa shape index (κ3) is 5.44. The third-order valence-electron chi connectivity index (χ3n) is 4.80. The first-order valence-corrected chi connectivity index (χ1v) is 10.3. The Morgan fingerprint density at radius 2 is 1.73 bits per heavy atom. The zero-order chi connectivity index (χ0) is 21.7. The van der Waals surface area contributed by atoms with Crippen LogP contribution in [-0.2, 0) is 11.0 Å². The lowest BCUT2D eigenvalue weighted by Gasteiger charge is -2.36. The maximum atomic E-state index is 12.9. The highest BCUT2D eigenvalue weighted by atomic mass is 32.2. The second-order valence-electron chi connectivity index (χ2n) is 6.74. The van der Waals surface area contributed by atoms with Gasteiger partial charge in [0.25, 0.3) is 5.69 Å². The van der Waals surface area contributed by atoms with E-state index in [2.05, 4.69) is 0 Å². The van der Waals surface area contributed by atoms with Crippen LogP contribution in [-0.4, -0.2) is 47.7 Å². The van der Waals surface area contributed by atoms with Crippen LogP contribution < -0.4 is 4.90 Å². The predicted molar refractivity (Wildman–Crippen MR) is 109 cm³/mol. The minimum atomic E-state index is -4.65. The smallest absolute Gasteiger partial charge is 0.362 e. The Balaban J connectivity index is 1.57. The summed E-state index contributed by atoms with van der Waals surface area (Å²) in [6, 6.07) is 12.3. The fraction of sp³-hybridized carbons (Fsp3) is 0.350. The van der Waals surface area contributed by atoms with E-state index in [0.29, 0.717) is 44.4 Å². The van der Waals surface area contributed by atoms with Crippen LogP contribution in [0.25, 0.3) is 0 Å². The highest BCUT2D eigenvalue weighted by molar-refractivity contribution is 7.99. The zero-order valence-corrected chi connectivity index (χ0v) is 16.8. The molecule has 1 heterocycles. The lowest BCUT2D eigenvalue weighted by Crippen LogP contribution is -2.49. The van der Waals surface area contributed by atoms with Crippen LogP contribution in [0.2, 0.25) is 0 Å². The van der Waals surface area contributed by atoms with E-state index >= 15 is 0 Å². The summed E-state index contributed by atoms with van der Waals surface area (Å²) < 4.78 is 38.6. The first-order chi connectivity index (χ1) is 14.3. The number of hydrogen-bond acceptors (Lipinski definition) is 5. The number of carbonyl (C=O) groups excluding carboxylic acids is 1. The highest BCUT2D eigenvalue weighted by Gasteiger charge is 2.34. The van der Waals surface area contributed by atoms with Crippen molar-refractivity contribution in [3.8, 4) is 0 Å². The molecule has 0 aromatic heterocycles. The number of halogens is 3. The van der Waals surface area contributed by atoms with Crippen molar-refractivity contribution in [3.05, 3.63) is 64.2 Å². The Hall–Kier alpha value is -2.75. The fourth-order valence-corrected chi connectivity index (χ4v) is 4.10. The van der Waals surface area contributed by atoms with Gasteiger partial charge < -0.3 is 9.80 Å². The molecule has 0 saturated carbocycles. The second-order valence-corrected chi connectivity index (χ2v) is 7.91. The van der Waals surface area contributed by atoms with Gasteiger partial charge in [0.15, 0.2) is 0 Å². The normalized spacial score (nSPS) is 14.6. The summed E-state index contributed by atoms with van der Waals surface area (Å²) in [5, 5.41) is 11.3. The molecule has 0 N–H and O–H groups in total. The number of amides is 1. The maximum Gasteiger partial charge on any atom is 0.416 e. The minimum Gasteiger partial charge on any atom is -0.362 e. The number of carbonyl (C=O) groups is 1. The van der Waals surface area contributed by atoms with Crippen molar-refractivity contribution in [3.63, 3.8) is 0 Å². The molecule has 3 rings (SSSR count). The van der Waals surface area contributed by atoms with Gasteiger partial charge in [0.05, 0.1) is 10.5 Å². The third-order valence-corrected chi connectivity index (χ3v) is 5.81. The largest absolute Gasteiger partial charge is 0.416 e. The van der Waals surface area contributed by atoms with E-state index in [1.807, 2.05) is 30.3 Å². The molecule has 0 spiro atoms. The van der Waals surface area contributed by atoms with E-state index in [0.717, 1.165) is 17.0 Å². The number of alkyl halides is 3. The molecule has 160 valence electrons. The first-order valence-electron chi connectivity index (χ1n) is 9.32. The molecule has 6 nitrogen and oxygen atoms in total. The van der Waals surface area contributed by atoms with Crippen molar-refractivity contribution < 1.29 is 22.9 Å². The number of anilines is 1. The predicted octanol–water partition coefficient (Wildman–Crippen LogP) is 4.44. The molecule has 0 unspecified atom stereocenters. The van der Waals surface area contributed by atoms with Gasteiger partial charge in [0, 0.05) is 49.3 Å². The van der Waals surface area contributed by atoms with Gasteiger partial charge in [-0.3, -0.25) is 14.9 Å². The summed E-state index contributed by atoms with van der Waals surface area (Å²) in [5.74, 6) is 0.646. The average molecular weight is 439 g/mol. The SMILES string of the molecule is O=C(CCSc1ccccc1)N1CCN(c2ccc(C(F)(F)F)cc2[N+](=O)[O-])CC1. The number of nitrogens with zero attached hydrogens (tertiary/aromatic N) is 3. The van der Waals surface area contributed by atoms with Crippen LogP contribution in [0.15, 0.2) is 53.4 Å². The first kappa shape index (κ1) is 21.9. The van der Waals surface area contributed by atoms with Gasteiger partial charge in [-0.15, -0.1) is 11.8 Å². The Morgan fingerprint density at radius 3 is 2.33 bits per heavy atom. The van der Waals surface area contributed by atoms with E-state index in [1.54, 1.807) is 21.6 Å². The monoisotopic (exact) mass is 439 g/mol. The number of nitro groups is 1. The average Bonchev–Trinajstić information content (AvgIpc) is 2.73. The number of piperazine rings is 1. The van der Waals surface area contributed by atoms with Crippen LogP contribution in [0.5, 0.6) is 0 Å². The van der Waals surface area contributed by atoms with Gasteiger partial charge in [-0.05, 0) is 24.3 Å². The van der Waals surface area contributed by atoms with Gasteiger partial charge in [0.1, 0.15) is 5.69 Å². The summed E-state index contributed by atoms with van der Waals surface area (Å²) in [6.45, 7) is 1.38. The van der Waals surface area contributed by atoms with E-state index in [4.69, 9.17) is 0 Å². The molecular formula is C20H20F3N3O3S. The molecule has 1 amide bonds. The van der Waals surface area contributed by atoms with E-state index in [1.165, 1.54) is 0 Å². The van der Waals surface area contributed by atoms with Gasteiger partial charge in [-0.25, -0.2) is 0 Å². The number of thioether (sulfide) groups is 1. The molecule has 0 radical (unpaired) electrons. The van der Waals surface area contributed by atoms with E-state index in [9.17, 15) is 28.1 Å². The molecule has 30 heavy (non-hydrogen) atoms. The van der Waals surface area contributed by atoms with E-state index in [-0.39, 0.29) is 11.6 Å². The van der Waals surface area contributed by atoms with Crippen LogP contribution in [0, 0.1) is 10.1 Å². The molecule has 1 aliphatic rings. The molecule has 0 aliphatic carbocycles. The molecule has 1 fully saturated rings. The Bertz CT molecular complexity index is 901. The van der Waals surface area contributed by atoms with Crippen molar-refractivity contribution in [1.29, 1.82) is 0 Å². The minimum absolute atomic E-state index is 0.000000171. The molecule has 0 atom stereocenters. The fourth-order valence-electron chi connectivity index (χ4n) is 3.24. The number of benzene rings is 2. The van der Waals surface area contributed by atoms with Crippen LogP contribution in [0.1, 0.15) is 12.0 Å². The lowest BCUT2D eigenvalue weighted by atomic mass is 10.1. The molecule has 10 heteroatoms.